The third-order valence-corrected chi connectivity index (χ3v) is 2.66. The summed E-state index contributed by atoms with van der Waals surface area (Å²) in [7, 11) is 3.14. The van der Waals surface area contributed by atoms with Crippen LogP contribution in [0.4, 0.5) is 4.79 Å². The molecule has 0 aliphatic carbocycles. The lowest BCUT2D eigenvalue weighted by Crippen LogP contribution is -2.40. The van der Waals surface area contributed by atoms with Crippen LogP contribution in [0, 0.1) is 0 Å². The minimum absolute atomic E-state index is 0.0156. The quantitative estimate of drug-likeness (QED) is 0.600. The molecule has 0 spiro atoms. The maximum atomic E-state index is 11.9. The van der Waals surface area contributed by atoms with Gasteiger partial charge in [0.25, 0.3) is 0 Å². The fourth-order valence-corrected chi connectivity index (χ4v) is 1.58. The normalized spacial score (nSPS) is 10.8. The maximum absolute atomic E-state index is 11.9. The highest BCUT2D eigenvalue weighted by Gasteiger charge is 2.17. The summed E-state index contributed by atoms with van der Waals surface area (Å²) in [5.41, 5.74) is -0.578. The van der Waals surface area contributed by atoms with Gasteiger partial charge in [-0.1, -0.05) is 0 Å². The molecule has 0 bridgehead atoms. The van der Waals surface area contributed by atoms with E-state index in [-0.39, 0.29) is 31.3 Å². The van der Waals surface area contributed by atoms with Gasteiger partial charge in [-0.15, -0.1) is 0 Å². The molecule has 8 heteroatoms. The molecule has 0 fully saturated rings. The Balaban J connectivity index is 3.89. The fraction of sp³-hybridized carbons (Fsp3) is 0.800. The summed E-state index contributed by atoms with van der Waals surface area (Å²) in [5.74, 6) is -0.454. The molecule has 0 aliphatic rings. The number of alkyl carbamates (subject to hydrolysis) is 1. The van der Waals surface area contributed by atoms with Crippen molar-refractivity contribution < 1.29 is 23.9 Å². The van der Waals surface area contributed by atoms with Crippen molar-refractivity contribution in [3.8, 4) is 0 Å². The van der Waals surface area contributed by atoms with Crippen molar-refractivity contribution in [2.45, 2.75) is 39.2 Å². The van der Waals surface area contributed by atoms with Gasteiger partial charge in [0, 0.05) is 40.3 Å². The van der Waals surface area contributed by atoms with Crippen molar-refractivity contribution in [3.05, 3.63) is 0 Å². The molecule has 0 unspecified atom stereocenters. The molecule has 0 heterocycles. The van der Waals surface area contributed by atoms with Gasteiger partial charge in [0.1, 0.15) is 5.60 Å². The van der Waals surface area contributed by atoms with Crippen LogP contribution in [0.1, 0.15) is 33.6 Å². The number of nitrogens with one attached hydrogen (secondary N) is 2. The number of nitrogens with zero attached hydrogens (tertiary/aromatic N) is 1. The third-order valence-electron chi connectivity index (χ3n) is 2.66. The van der Waals surface area contributed by atoms with Crippen LogP contribution in [0.15, 0.2) is 0 Å². The van der Waals surface area contributed by atoms with Gasteiger partial charge in [-0.05, 0) is 27.2 Å². The van der Waals surface area contributed by atoms with Crippen LogP contribution in [-0.4, -0.2) is 68.8 Å². The highest BCUT2D eigenvalue weighted by molar-refractivity contribution is 5.84. The second kappa shape index (κ2) is 10.8. The molecule has 134 valence electrons. The summed E-state index contributed by atoms with van der Waals surface area (Å²) in [6, 6.07) is 0. The molecular formula is C15H29N3O5. The van der Waals surface area contributed by atoms with Crippen molar-refractivity contribution in [2.75, 3.05) is 40.4 Å². The summed E-state index contributed by atoms with van der Waals surface area (Å²) < 4.78 is 9.94. The van der Waals surface area contributed by atoms with Crippen LogP contribution in [-0.2, 0) is 19.1 Å². The molecule has 0 rings (SSSR count). The van der Waals surface area contributed by atoms with Crippen molar-refractivity contribution in [1.82, 2.24) is 15.5 Å². The Morgan fingerprint density at radius 1 is 1.09 bits per heavy atom. The van der Waals surface area contributed by atoms with E-state index in [9.17, 15) is 14.4 Å². The van der Waals surface area contributed by atoms with Crippen molar-refractivity contribution >= 4 is 17.9 Å². The summed E-state index contributed by atoms with van der Waals surface area (Å²) >= 11 is 0. The summed E-state index contributed by atoms with van der Waals surface area (Å²) in [6.07, 6.45) is 0.260. The van der Waals surface area contributed by atoms with Crippen LogP contribution >= 0.6 is 0 Å². The number of hydrogen-bond donors (Lipinski definition) is 2. The average molecular weight is 331 g/mol. The minimum atomic E-state index is -0.578. The number of rotatable bonds is 9. The summed E-state index contributed by atoms with van der Waals surface area (Å²) in [4.78, 5) is 36.2. The van der Waals surface area contributed by atoms with Gasteiger partial charge in [0.05, 0.1) is 6.54 Å². The van der Waals surface area contributed by atoms with E-state index in [1.54, 1.807) is 34.9 Å². The lowest BCUT2D eigenvalue weighted by molar-refractivity contribution is -0.134. The van der Waals surface area contributed by atoms with Gasteiger partial charge in [0.2, 0.25) is 11.8 Å². The first-order valence-electron chi connectivity index (χ1n) is 7.62. The Hall–Kier alpha value is -1.83. The van der Waals surface area contributed by atoms with E-state index in [1.807, 2.05) is 0 Å². The molecule has 0 saturated heterocycles. The van der Waals surface area contributed by atoms with E-state index < -0.39 is 11.7 Å². The van der Waals surface area contributed by atoms with Gasteiger partial charge in [-0.3, -0.25) is 9.59 Å². The number of likely N-dealkylation sites (N-methyl/N-ethyl adjacent to an activating group) is 1. The Morgan fingerprint density at radius 3 is 2.30 bits per heavy atom. The van der Waals surface area contributed by atoms with E-state index >= 15 is 0 Å². The van der Waals surface area contributed by atoms with Crippen LogP contribution < -0.4 is 10.6 Å². The van der Waals surface area contributed by atoms with Crippen molar-refractivity contribution in [1.29, 1.82) is 0 Å². The third kappa shape index (κ3) is 12.4. The molecule has 3 amide bonds. The number of methoxy groups -OCH3 is 1. The van der Waals surface area contributed by atoms with Crippen LogP contribution in [0.25, 0.3) is 0 Å². The summed E-state index contributed by atoms with van der Waals surface area (Å²) in [5, 5.41) is 5.20. The van der Waals surface area contributed by atoms with Crippen molar-refractivity contribution in [2.24, 2.45) is 0 Å². The molecule has 0 saturated carbocycles. The Bertz CT molecular complexity index is 393. The number of ether oxygens (including phenoxy) is 2. The number of carbonyl (C=O) groups is 3. The first-order chi connectivity index (χ1) is 10.7. The first kappa shape index (κ1) is 21.2. The predicted molar refractivity (Wildman–Crippen MR) is 86.0 cm³/mol. The predicted octanol–water partition coefficient (Wildman–Crippen LogP) is 0.512. The Labute approximate surface area is 137 Å². The van der Waals surface area contributed by atoms with E-state index in [2.05, 4.69) is 10.6 Å². The zero-order valence-electron chi connectivity index (χ0n) is 14.7. The lowest BCUT2D eigenvalue weighted by atomic mass is 10.2. The monoisotopic (exact) mass is 331 g/mol. The van der Waals surface area contributed by atoms with E-state index in [4.69, 9.17) is 9.47 Å². The van der Waals surface area contributed by atoms with E-state index in [0.717, 1.165) is 6.42 Å². The standard InChI is InChI=1S/C15H29N3O5/c1-15(2,3)23-14(21)17-9-7-13(20)18(4)11-12(19)16-8-6-10-22-5/h6-11H2,1-5H3,(H,16,19)(H,17,21). The number of carbonyl (C=O) groups excluding carboxylic acids is 3. The van der Waals surface area contributed by atoms with Gasteiger partial charge < -0.3 is 25.0 Å². The summed E-state index contributed by atoms with van der Waals surface area (Å²) in [6.45, 7) is 6.51. The zero-order chi connectivity index (χ0) is 17.9. The second-order valence-corrected chi connectivity index (χ2v) is 6.12. The zero-order valence-corrected chi connectivity index (χ0v) is 14.7. The number of amides is 3. The minimum Gasteiger partial charge on any atom is -0.444 e. The van der Waals surface area contributed by atoms with Gasteiger partial charge in [-0.2, -0.15) is 0 Å². The number of hydrogen-bond acceptors (Lipinski definition) is 5. The van der Waals surface area contributed by atoms with Crippen LogP contribution in [0.2, 0.25) is 0 Å². The van der Waals surface area contributed by atoms with E-state index in [0.29, 0.717) is 13.2 Å². The van der Waals surface area contributed by atoms with E-state index in [1.165, 1.54) is 4.90 Å². The van der Waals surface area contributed by atoms with Crippen LogP contribution in [0.5, 0.6) is 0 Å². The molecular weight excluding hydrogens is 302 g/mol. The van der Waals surface area contributed by atoms with Crippen molar-refractivity contribution in [3.63, 3.8) is 0 Å². The topological polar surface area (TPSA) is 97.0 Å². The second-order valence-electron chi connectivity index (χ2n) is 6.12. The lowest BCUT2D eigenvalue weighted by Gasteiger charge is -2.20. The molecule has 0 aromatic heterocycles. The molecule has 0 aromatic rings. The largest absolute Gasteiger partial charge is 0.444 e. The Kier molecular flexibility index (Phi) is 9.96. The Morgan fingerprint density at radius 2 is 1.74 bits per heavy atom. The molecule has 0 aromatic carbocycles. The fourth-order valence-electron chi connectivity index (χ4n) is 1.58. The van der Waals surface area contributed by atoms with Gasteiger partial charge in [-0.25, -0.2) is 4.79 Å². The highest BCUT2D eigenvalue weighted by atomic mass is 16.6. The molecule has 0 atom stereocenters. The maximum Gasteiger partial charge on any atom is 0.407 e. The molecule has 23 heavy (non-hydrogen) atoms. The molecule has 0 radical (unpaired) electrons. The average Bonchev–Trinajstić information content (AvgIpc) is 2.41. The van der Waals surface area contributed by atoms with Gasteiger partial charge >= 0.3 is 6.09 Å². The molecule has 0 aliphatic heterocycles. The highest BCUT2D eigenvalue weighted by Crippen LogP contribution is 2.06. The van der Waals surface area contributed by atoms with Crippen LogP contribution in [0.3, 0.4) is 0 Å². The molecule has 8 nitrogen and oxygen atoms in total. The SMILES string of the molecule is COCCCNC(=O)CN(C)C(=O)CCNC(=O)OC(C)(C)C. The van der Waals surface area contributed by atoms with Gasteiger partial charge in [0.15, 0.2) is 0 Å². The smallest absolute Gasteiger partial charge is 0.407 e. The molecule has 2 N–H and O–H groups in total. The first-order valence-corrected chi connectivity index (χ1v) is 7.62.